The zero-order valence-corrected chi connectivity index (χ0v) is 16.7. The number of ether oxygens (including phenoxy) is 1. The van der Waals surface area contributed by atoms with E-state index in [1.54, 1.807) is 24.3 Å². The number of amides is 1. The molecule has 154 valence electrons. The molecule has 4 rings (SSSR count). The molecule has 0 aliphatic heterocycles. The zero-order chi connectivity index (χ0) is 21.6. The van der Waals surface area contributed by atoms with Gasteiger partial charge in [0.15, 0.2) is 5.84 Å². The molecule has 6 nitrogen and oxygen atoms in total. The van der Waals surface area contributed by atoms with Gasteiger partial charge in [0.1, 0.15) is 6.61 Å². The average molecular weight is 411 g/mol. The van der Waals surface area contributed by atoms with Crippen molar-refractivity contribution in [2.24, 2.45) is 10.9 Å². The maximum absolute atomic E-state index is 12.1. The predicted octanol–water partition coefficient (Wildman–Crippen LogP) is 3.67. The molecule has 6 heteroatoms. The molecule has 0 saturated carbocycles. The van der Waals surface area contributed by atoms with Crippen molar-refractivity contribution in [2.75, 3.05) is 13.2 Å². The lowest BCUT2D eigenvalue weighted by atomic mass is 9.98. The third-order valence-corrected chi connectivity index (χ3v) is 5.19. The molecule has 1 aliphatic rings. The van der Waals surface area contributed by atoms with Crippen LogP contribution in [0.2, 0.25) is 0 Å². The molecule has 0 unspecified atom stereocenters. The van der Waals surface area contributed by atoms with Crippen LogP contribution in [0.15, 0.2) is 78.0 Å². The SMILES string of the molecule is NC(=NO)c1ccc(C#CCNC(=O)OCC2c3ccccc3-c3ccccc32)cc1. The van der Waals surface area contributed by atoms with Gasteiger partial charge in [0, 0.05) is 17.0 Å². The smallest absolute Gasteiger partial charge is 0.407 e. The Morgan fingerprint density at radius 3 is 2.23 bits per heavy atom. The lowest BCUT2D eigenvalue weighted by Crippen LogP contribution is -2.26. The molecule has 31 heavy (non-hydrogen) atoms. The van der Waals surface area contributed by atoms with E-state index in [1.165, 1.54) is 22.3 Å². The zero-order valence-electron chi connectivity index (χ0n) is 16.7. The second kappa shape index (κ2) is 9.06. The number of hydrogen-bond acceptors (Lipinski definition) is 4. The number of hydrogen-bond donors (Lipinski definition) is 3. The normalized spacial score (nSPS) is 12.3. The molecule has 3 aromatic rings. The average Bonchev–Trinajstić information content (AvgIpc) is 3.14. The van der Waals surface area contributed by atoms with Crippen LogP contribution >= 0.6 is 0 Å². The standard InChI is InChI=1S/C25H21N3O3/c26-24(28-30)18-13-11-17(12-14-18)6-5-15-27-25(29)31-16-23-21-9-3-1-7-19(21)20-8-2-4-10-22(20)23/h1-4,7-14,23,30H,15-16H2,(H2,26,28)(H,27,29). The summed E-state index contributed by atoms with van der Waals surface area (Å²) < 4.78 is 5.48. The van der Waals surface area contributed by atoms with Crippen LogP contribution in [0.1, 0.15) is 28.2 Å². The summed E-state index contributed by atoms with van der Waals surface area (Å²) in [6.45, 7) is 0.432. The molecule has 0 fully saturated rings. The van der Waals surface area contributed by atoms with Crippen LogP contribution in [0.5, 0.6) is 0 Å². The maximum atomic E-state index is 12.1. The molecule has 0 saturated heterocycles. The number of benzene rings is 3. The van der Waals surface area contributed by atoms with Gasteiger partial charge in [0.2, 0.25) is 0 Å². The third kappa shape index (κ3) is 4.36. The molecule has 1 aliphatic carbocycles. The van der Waals surface area contributed by atoms with Crippen LogP contribution in [0, 0.1) is 11.8 Å². The van der Waals surface area contributed by atoms with E-state index in [9.17, 15) is 4.79 Å². The Morgan fingerprint density at radius 2 is 1.61 bits per heavy atom. The number of rotatable bonds is 4. The maximum Gasteiger partial charge on any atom is 0.407 e. The van der Waals surface area contributed by atoms with Gasteiger partial charge in [-0.2, -0.15) is 0 Å². The Bertz CT molecular complexity index is 1140. The van der Waals surface area contributed by atoms with Crippen LogP contribution in [0.25, 0.3) is 11.1 Å². The highest BCUT2D eigenvalue weighted by Gasteiger charge is 2.28. The number of fused-ring (bicyclic) bond motifs is 3. The van der Waals surface area contributed by atoms with Crippen LogP contribution in [-0.4, -0.2) is 30.3 Å². The number of nitrogens with zero attached hydrogens (tertiary/aromatic N) is 1. The number of alkyl carbamates (subject to hydrolysis) is 1. The number of oxime groups is 1. The summed E-state index contributed by atoms with van der Waals surface area (Å²) in [6, 6.07) is 23.3. The van der Waals surface area contributed by atoms with Gasteiger partial charge in [-0.15, -0.1) is 0 Å². The molecule has 0 heterocycles. The van der Waals surface area contributed by atoms with Crippen molar-refractivity contribution < 1.29 is 14.7 Å². The Balaban J connectivity index is 1.31. The Hall–Kier alpha value is -4.24. The van der Waals surface area contributed by atoms with Crippen LogP contribution in [0.4, 0.5) is 4.79 Å². The van der Waals surface area contributed by atoms with Gasteiger partial charge in [-0.05, 0) is 46.5 Å². The Morgan fingerprint density at radius 1 is 1.00 bits per heavy atom. The van der Waals surface area contributed by atoms with E-state index in [0.29, 0.717) is 5.56 Å². The molecule has 4 N–H and O–H groups in total. The topological polar surface area (TPSA) is 96.9 Å². The second-order valence-corrected chi connectivity index (χ2v) is 7.04. The molecule has 0 aromatic heterocycles. The lowest BCUT2D eigenvalue weighted by Gasteiger charge is -2.14. The van der Waals surface area contributed by atoms with E-state index in [1.807, 2.05) is 24.3 Å². The summed E-state index contributed by atoms with van der Waals surface area (Å²) in [6.07, 6.45) is -0.501. The number of nitrogens with two attached hydrogens (primary N) is 1. The highest BCUT2D eigenvalue weighted by atomic mass is 16.5. The Labute approximate surface area is 180 Å². The monoisotopic (exact) mass is 411 g/mol. The number of nitrogens with one attached hydrogen (secondary N) is 1. The minimum Gasteiger partial charge on any atom is -0.449 e. The first-order valence-electron chi connectivity index (χ1n) is 9.83. The van der Waals surface area contributed by atoms with Crippen molar-refractivity contribution in [3.63, 3.8) is 0 Å². The van der Waals surface area contributed by atoms with Gasteiger partial charge in [-0.1, -0.05) is 65.5 Å². The van der Waals surface area contributed by atoms with Gasteiger partial charge in [-0.3, -0.25) is 0 Å². The first kappa shape index (κ1) is 20.0. The van der Waals surface area contributed by atoms with Crippen LogP contribution in [-0.2, 0) is 4.74 Å². The van der Waals surface area contributed by atoms with Gasteiger partial charge in [0.25, 0.3) is 0 Å². The molecule has 0 bridgehead atoms. The second-order valence-electron chi connectivity index (χ2n) is 7.04. The Kier molecular flexibility index (Phi) is 5.86. The quantitative estimate of drug-likeness (QED) is 0.201. The summed E-state index contributed by atoms with van der Waals surface area (Å²) in [5.74, 6) is 5.89. The third-order valence-electron chi connectivity index (χ3n) is 5.19. The fraction of sp³-hybridized carbons (Fsp3) is 0.120. The van der Waals surface area contributed by atoms with Crippen molar-refractivity contribution in [3.8, 4) is 23.0 Å². The fourth-order valence-electron chi connectivity index (χ4n) is 3.69. The molecular weight excluding hydrogens is 390 g/mol. The molecular formula is C25H21N3O3. The predicted molar refractivity (Wildman–Crippen MR) is 119 cm³/mol. The minimum atomic E-state index is -0.501. The molecule has 0 atom stereocenters. The summed E-state index contributed by atoms with van der Waals surface area (Å²) in [7, 11) is 0. The van der Waals surface area contributed by atoms with Gasteiger partial charge in [-0.25, -0.2) is 4.79 Å². The van der Waals surface area contributed by atoms with Crippen LogP contribution < -0.4 is 11.1 Å². The number of carbonyl (C=O) groups is 1. The number of carbonyl (C=O) groups excluding carboxylic acids is 1. The first-order valence-corrected chi connectivity index (χ1v) is 9.83. The van der Waals surface area contributed by atoms with Crippen LogP contribution in [0.3, 0.4) is 0 Å². The van der Waals surface area contributed by atoms with Gasteiger partial charge >= 0.3 is 6.09 Å². The van der Waals surface area contributed by atoms with Crippen molar-refractivity contribution in [1.82, 2.24) is 5.32 Å². The molecule has 3 aromatic carbocycles. The minimum absolute atomic E-state index is 0.0256. The fourth-order valence-corrected chi connectivity index (χ4v) is 3.69. The van der Waals surface area contributed by atoms with Crippen molar-refractivity contribution in [1.29, 1.82) is 0 Å². The summed E-state index contributed by atoms with van der Waals surface area (Å²) in [4.78, 5) is 12.1. The van der Waals surface area contributed by atoms with E-state index in [0.717, 1.165) is 5.56 Å². The van der Waals surface area contributed by atoms with Crippen molar-refractivity contribution in [3.05, 3.63) is 95.1 Å². The van der Waals surface area contributed by atoms with E-state index in [2.05, 4.69) is 46.6 Å². The highest BCUT2D eigenvalue weighted by molar-refractivity contribution is 5.97. The summed E-state index contributed by atoms with van der Waals surface area (Å²) >= 11 is 0. The first-order chi connectivity index (χ1) is 15.2. The molecule has 0 radical (unpaired) electrons. The van der Waals surface area contributed by atoms with E-state index in [4.69, 9.17) is 15.7 Å². The highest BCUT2D eigenvalue weighted by Crippen LogP contribution is 2.44. The van der Waals surface area contributed by atoms with E-state index >= 15 is 0 Å². The van der Waals surface area contributed by atoms with E-state index < -0.39 is 6.09 Å². The summed E-state index contributed by atoms with van der Waals surface area (Å²) in [5, 5.41) is 14.3. The molecule has 1 amide bonds. The van der Waals surface area contributed by atoms with Crippen molar-refractivity contribution in [2.45, 2.75) is 5.92 Å². The van der Waals surface area contributed by atoms with Gasteiger partial charge in [0.05, 0.1) is 6.54 Å². The summed E-state index contributed by atoms with van der Waals surface area (Å²) in [5.41, 5.74) is 11.6. The van der Waals surface area contributed by atoms with Crippen molar-refractivity contribution >= 4 is 11.9 Å². The number of amidine groups is 1. The largest absolute Gasteiger partial charge is 0.449 e. The molecule has 0 spiro atoms. The van der Waals surface area contributed by atoms with E-state index in [-0.39, 0.29) is 24.9 Å². The van der Waals surface area contributed by atoms with Gasteiger partial charge < -0.3 is 21.0 Å². The lowest BCUT2D eigenvalue weighted by molar-refractivity contribution is 0.144.